The summed E-state index contributed by atoms with van der Waals surface area (Å²) in [5, 5.41) is 9.76. The third-order valence-corrected chi connectivity index (χ3v) is 4.01. The Morgan fingerprint density at radius 1 is 1.35 bits per heavy atom. The van der Waals surface area contributed by atoms with Crippen LogP contribution in [0.1, 0.15) is 17.4 Å². The summed E-state index contributed by atoms with van der Waals surface area (Å²) in [6.07, 6.45) is 0. The lowest BCUT2D eigenvalue weighted by molar-refractivity contribution is 0.0685. The van der Waals surface area contributed by atoms with Gasteiger partial charge in [-0.3, -0.25) is 0 Å². The number of rotatable bonds is 3. The molecular weight excluding hydrogens is 298 g/mol. The fraction of sp³-hybridized carbons (Fsp3) is 0.154. The Morgan fingerprint density at radius 2 is 2.15 bits per heavy atom. The number of hydrogen-bond donors (Lipinski definition) is 1. The highest BCUT2D eigenvalue weighted by Gasteiger charge is 2.19. The average Bonchev–Trinajstić information content (AvgIpc) is 3.03. The standard InChI is InChI=1S/C13H10ClN3O2S/c1-2-17-9(5-6-10(17)13(18)19)11-7(14)3-4-8-12(11)16-20-15-8/h3-6H,2H2,1H3,(H,18,19). The molecule has 0 atom stereocenters. The van der Waals surface area contributed by atoms with Gasteiger partial charge in [0.25, 0.3) is 0 Å². The molecule has 0 fully saturated rings. The smallest absolute Gasteiger partial charge is 0.352 e. The van der Waals surface area contributed by atoms with Crippen LogP contribution in [0.25, 0.3) is 22.3 Å². The Morgan fingerprint density at radius 3 is 2.85 bits per heavy atom. The van der Waals surface area contributed by atoms with E-state index in [4.69, 9.17) is 11.6 Å². The highest BCUT2D eigenvalue weighted by atomic mass is 35.5. The lowest BCUT2D eigenvalue weighted by Gasteiger charge is -2.10. The van der Waals surface area contributed by atoms with E-state index in [1.165, 1.54) is 0 Å². The molecule has 0 radical (unpaired) electrons. The first-order valence-electron chi connectivity index (χ1n) is 5.97. The number of carbonyl (C=O) groups is 1. The molecule has 5 nitrogen and oxygen atoms in total. The summed E-state index contributed by atoms with van der Waals surface area (Å²) < 4.78 is 10.2. The number of aromatic carboxylic acids is 1. The van der Waals surface area contributed by atoms with Crippen LogP contribution in [0.4, 0.5) is 0 Å². The first kappa shape index (κ1) is 13.1. The minimum atomic E-state index is -0.960. The predicted molar refractivity (Wildman–Crippen MR) is 78.5 cm³/mol. The fourth-order valence-electron chi connectivity index (χ4n) is 2.28. The topological polar surface area (TPSA) is 68.0 Å². The van der Waals surface area contributed by atoms with Crippen molar-refractivity contribution in [2.45, 2.75) is 13.5 Å². The molecule has 1 N–H and O–H groups in total. The molecule has 0 aliphatic rings. The number of halogens is 1. The van der Waals surface area contributed by atoms with E-state index in [9.17, 15) is 9.90 Å². The van der Waals surface area contributed by atoms with Gasteiger partial charge in [0, 0.05) is 12.1 Å². The molecule has 0 unspecified atom stereocenters. The molecule has 7 heteroatoms. The quantitative estimate of drug-likeness (QED) is 0.803. The van der Waals surface area contributed by atoms with Crippen molar-refractivity contribution >= 4 is 40.3 Å². The van der Waals surface area contributed by atoms with Crippen molar-refractivity contribution in [2.75, 3.05) is 0 Å². The number of fused-ring (bicyclic) bond motifs is 1. The van der Waals surface area contributed by atoms with Crippen LogP contribution in [-0.2, 0) is 6.54 Å². The van der Waals surface area contributed by atoms with Gasteiger partial charge in [-0.05, 0) is 31.2 Å². The summed E-state index contributed by atoms with van der Waals surface area (Å²) in [7, 11) is 0. The van der Waals surface area contributed by atoms with Crippen molar-refractivity contribution in [2.24, 2.45) is 0 Å². The normalized spacial score (nSPS) is 11.1. The third-order valence-electron chi connectivity index (χ3n) is 3.15. The molecule has 1 aromatic carbocycles. The predicted octanol–water partition coefficient (Wildman–Crippen LogP) is 3.53. The summed E-state index contributed by atoms with van der Waals surface area (Å²) in [6, 6.07) is 6.90. The summed E-state index contributed by atoms with van der Waals surface area (Å²) in [5.74, 6) is -0.960. The average molecular weight is 308 g/mol. The van der Waals surface area contributed by atoms with Gasteiger partial charge >= 0.3 is 5.97 Å². The van der Waals surface area contributed by atoms with Gasteiger partial charge in [0.05, 0.1) is 22.4 Å². The van der Waals surface area contributed by atoms with Gasteiger partial charge in [-0.1, -0.05) is 11.6 Å². The molecule has 0 saturated carbocycles. The van der Waals surface area contributed by atoms with Crippen LogP contribution in [0.3, 0.4) is 0 Å². The molecule has 0 spiro atoms. The van der Waals surface area contributed by atoms with Gasteiger partial charge in [-0.15, -0.1) is 0 Å². The highest BCUT2D eigenvalue weighted by molar-refractivity contribution is 7.00. The Bertz CT molecular complexity index is 809. The molecular formula is C13H10ClN3O2S. The maximum Gasteiger partial charge on any atom is 0.352 e. The van der Waals surface area contributed by atoms with Crippen molar-refractivity contribution in [3.63, 3.8) is 0 Å². The van der Waals surface area contributed by atoms with Gasteiger partial charge in [-0.25, -0.2) is 4.79 Å². The maximum absolute atomic E-state index is 11.2. The Kier molecular flexibility index (Phi) is 3.19. The first-order chi connectivity index (χ1) is 9.63. The molecule has 102 valence electrons. The largest absolute Gasteiger partial charge is 0.477 e. The zero-order chi connectivity index (χ0) is 14.3. The van der Waals surface area contributed by atoms with E-state index in [-0.39, 0.29) is 5.69 Å². The van der Waals surface area contributed by atoms with Gasteiger partial charge in [-0.2, -0.15) is 8.75 Å². The zero-order valence-corrected chi connectivity index (χ0v) is 12.1. The summed E-state index contributed by atoms with van der Waals surface area (Å²) >= 11 is 7.40. The molecule has 20 heavy (non-hydrogen) atoms. The zero-order valence-electron chi connectivity index (χ0n) is 10.5. The number of carboxylic acids is 1. The third kappa shape index (κ3) is 1.88. The van der Waals surface area contributed by atoms with E-state index < -0.39 is 5.97 Å². The molecule has 3 rings (SSSR count). The van der Waals surface area contributed by atoms with E-state index in [1.54, 1.807) is 22.8 Å². The summed E-state index contributed by atoms with van der Waals surface area (Å²) in [6.45, 7) is 2.43. The van der Waals surface area contributed by atoms with Crippen LogP contribution in [0.2, 0.25) is 5.02 Å². The second kappa shape index (κ2) is 4.88. The second-order valence-electron chi connectivity index (χ2n) is 4.21. The van der Waals surface area contributed by atoms with E-state index >= 15 is 0 Å². The molecule has 2 aromatic heterocycles. The molecule has 2 heterocycles. The monoisotopic (exact) mass is 307 g/mol. The Balaban J connectivity index is 2.33. The molecule has 0 aliphatic carbocycles. The van der Waals surface area contributed by atoms with Crippen LogP contribution < -0.4 is 0 Å². The molecule has 0 amide bonds. The van der Waals surface area contributed by atoms with Gasteiger partial charge < -0.3 is 9.67 Å². The number of hydrogen-bond acceptors (Lipinski definition) is 4. The Labute approximate surface area is 123 Å². The number of benzene rings is 1. The number of carboxylic acid groups (broad SMARTS) is 1. The van der Waals surface area contributed by atoms with Gasteiger partial charge in [0.2, 0.25) is 0 Å². The SMILES string of the molecule is CCn1c(C(=O)O)ccc1-c1c(Cl)ccc2nsnc12. The van der Waals surface area contributed by atoms with Crippen LogP contribution >= 0.6 is 23.3 Å². The van der Waals surface area contributed by atoms with Crippen molar-refractivity contribution in [3.05, 3.63) is 35.0 Å². The fourth-order valence-corrected chi connectivity index (χ4v) is 3.08. The lowest BCUT2D eigenvalue weighted by atomic mass is 10.1. The van der Waals surface area contributed by atoms with Crippen molar-refractivity contribution in [1.29, 1.82) is 0 Å². The number of aromatic nitrogens is 3. The molecule has 3 aromatic rings. The second-order valence-corrected chi connectivity index (χ2v) is 5.14. The summed E-state index contributed by atoms with van der Waals surface area (Å²) in [4.78, 5) is 11.2. The maximum atomic E-state index is 11.2. The highest BCUT2D eigenvalue weighted by Crippen LogP contribution is 2.35. The molecule has 0 saturated heterocycles. The van der Waals surface area contributed by atoms with Crippen molar-refractivity contribution < 1.29 is 9.90 Å². The van der Waals surface area contributed by atoms with Crippen LogP contribution in [-0.4, -0.2) is 24.4 Å². The summed E-state index contributed by atoms with van der Waals surface area (Å²) in [5.41, 5.74) is 3.17. The number of nitrogens with zero attached hydrogens (tertiary/aromatic N) is 3. The van der Waals surface area contributed by atoms with Crippen molar-refractivity contribution in [1.82, 2.24) is 13.3 Å². The van der Waals surface area contributed by atoms with Gasteiger partial charge in [0.15, 0.2) is 0 Å². The van der Waals surface area contributed by atoms with Gasteiger partial charge in [0.1, 0.15) is 16.7 Å². The van der Waals surface area contributed by atoms with E-state index in [0.717, 1.165) is 28.5 Å². The molecule has 0 aliphatic heterocycles. The van der Waals surface area contributed by atoms with E-state index in [2.05, 4.69) is 8.75 Å². The van der Waals surface area contributed by atoms with Crippen LogP contribution in [0.15, 0.2) is 24.3 Å². The minimum Gasteiger partial charge on any atom is -0.477 e. The lowest BCUT2D eigenvalue weighted by Crippen LogP contribution is -2.08. The van der Waals surface area contributed by atoms with Crippen LogP contribution in [0, 0.1) is 0 Å². The van der Waals surface area contributed by atoms with E-state index in [1.807, 2.05) is 13.0 Å². The Hall–Kier alpha value is -1.92. The first-order valence-corrected chi connectivity index (χ1v) is 7.08. The minimum absolute atomic E-state index is 0.235. The van der Waals surface area contributed by atoms with Crippen molar-refractivity contribution in [3.8, 4) is 11.3 Å². The van der Waals surface area contributed by atoms with Crippen LogP contribution in [0.5, 0.6) is 0 Å². The van der Waals surface area contributed by atoms with E-state index in [0.29, 0.717) is 17.1 Å². The molecule has 0 bridgehead atoms.